The first kappa shape index (κ1) is 13.0. The van der Waals surface area contributed by atoms with E-state index in [4.69, 9.17) is 0 Å². The maximum atomic E-state index is 9.26. The van der Waals surface area contributed by atoms with Gasteiger partial charge in [0.1, 0.15) is 11.6 Å². The fourth-order valence-corrected chi connectivity index (χ4v) is 1.91. The molecule has 4 heteroatoms. The third-order valence-corrected chi connectivity index (χ3v) is 3.20. The molecule has 96 valence electrons. The van der Waals surface area contributed by atoms with E-state index < -0.39 is 0 Å². The van der Waals surface area contributed by atoms with Crippen LogP contribution < -0.4 is 5.32 Å². The van der Waals surface area contributed by atoms with Gasteiger partial charge >= 0.3 is 0 Å². The van der Waals surface area contributed by atoms with E-state index >= 15 is 0 Å². The first-order valence-corrected chi connectivity index (χ1v) is 6.11. The summed E-state index contributed by atoms with van der Waals surface area (Å²) in [6.45, 7) is 7.81. The quantitative estimate of drug-likeness (QED) is 0.890. The fourth-order valence-electron chi connectivity index (χ4n) is 1.91. The summed E-state index contributed by atoms with van der Waals surface area (Å²) in [6.07, 6.45) is 0. The Balaban J connectivity index is 2.44. The minimum Gasteiger partial charge on any atom is -0.337 e. The van der Waals surface area contributed by atoms with Crippen molar-refractivity contribution in [3.63, 3.8) is 0 Å². The van der Waals surface area contributed by atoms with Gasteiger partial charge < -0.3 is 5.32 Å². The zero-order valence-electron chi connectivity index (χ0n) is 11.6. The lowest BCUT2D eigenvalue weighted by Crippen LogP contribution is -2.04. The molecule has 19 heavy (non-hydrogen) atoms. The van der Waals surface area contributed by atoms with Gasteiger partial charge in [-0.25, -0.2) is 0 Å². The second-order valence-corrected chi connectivity index (χ2v) is 4.69. The molecule has 0 fully saturated rings. The highest BCUT2D eigenvalue weighted by molar-refractivity contribution is 5.66. The van der Waals surface area contributed by atoms with Crippen LogP contribution in [0.3, 0.4) is 0 Å². The summed E-state index contributed by atoms with van der Waals surface area (Å²) in [4.78, 5) is 0. The first-order valence-electron chi connectivity index (χ1n) is 6.11. The molecule has 2 rings (SSSR count). The van der Waals surface area contributed by atoms with Gasteiger partial charge in [0, 0.05) is 5.69 Å². The molecule has 0 aliphatic rings. The van der Waals surface area contributed by atoms with Crippen LogP contribution in [0.15, 0.2) is 18.2 Å². The SMILES string of the molecule is Cc1ccc(Nc2nnc(C)c(C)c2C#N)c(C)c1. The van der Waals surface area contributed by atoms with Gasteiger partial charge in [0.25, 0.3) is 0 Å². The summed E-state index contributed by atoms with van der Waals surface area (Å²) in [6, 6.07) is 8.29. The Labute approximate surface area is 113 Å². The molecule has 0 radical (unpaired) electrons. The lowest BCUT2D eigenvalue weighted by atomic mass is 10.1. The summed E-state index contributed by atoms with van der Waals surface area (Å²) in [5.74, 6) is 0.512. The van der Waals surface area contributed by atoms with E-state index in [-0.39, 0.29) is 0 Å². The van der Waals surface area contributed by atoms with Crippen LogP contribution in [0.4, 0.5) is 11.5 Å². The third kappa shape index (κ3) is 2.55. The number of aryl methyl sites for hydroxylation is 3. The summed E-state index contributed by atoms with van der Waals surface area (Å²) in [5, 5.41) is 20.6. The molecule has 0 saturated heterocycles. The molecule has 1 aromatic heterocycles. The van der Waals surface area contributed by atoms with Crippen molar-refractivity contribution in [1.82, 2.24) is 10.2 Å². The maximum absolute atomic E-state index is 9.26. The van der Waals surface area contributed by atoms with Crippen molar-refractivity contribution in [2.75, 3.05) is 5.32 Å². The van der Waals surface area contributed by atoms with Crippen molar-refractivity contribution >= 4 is 11.5 Å². The van der Waals surface area contributed by atoms with Gasteiger partial charge in [-0.2, -0.15) is 10.4 Å². The number of nitrogens with zero attached hydrogens (tertiary/aromatic N) is 3. The highest BCUT2D eigenvalue weighted by Gasteiger charge is 2.11. The molecule has 0 spiro atoms. The normalized spacial score (nSPS) is 10.1. The first-order chi connectivity index (χ1) is 9.02. The lowest BCUT2D eigenvalue weighted by molar-refractivity contribution is 0.960. The van der Waals surface area contributed by atoms with Crippen LogP contribution in [-0.4, -0.2) is 10.2 Å². The molecule has 2 aromatic rings. The number of rotatable bonds is 2. The van der Waals surface area contributed by atoms with E-state index in [0.717, 1.165) is 22.5 Å². The van der Waals surface area contributed by atoms with Crippen molar-refractivity contribution in [2.24, 2.45) is 0 Å². The van der Waals surface area contributed by atoms with Crippen LogP contribution in [-0.2, 0) is 0 Å². The van der Waals surface area contributed by atoms with Gasteiger partial charge in [0.05, 0.1) is 5.69 Å². The van der Waals surface area contributed by atoms with Crippen molar-refractivity contribution in [3.8, 4) is 6.07 Å². The molecule has 0 atom stereocenters. The van der Waals surface area contributed by atoms with Gasteiger partial charge in [-0.3, -0.25) is 0 Å². The summed E-state index contributed by atoms with van der Waals surface area (Å²) in [5.41, 5.74) is 5.46. The average molecular weight is 252 g/mol. The van der Waals surface area contributed by atoms with Gasteiger partial charge in [0.15, 0.2) is 5.82 Å². The predicted molar refractivity (Wildman–Crippen MR) is 75.4 cm³/mol. The van der Waals surface area contributed by atoms with Crippen LogP contribution in [0.2, 0.25) is 0 Å². The number of anilines is 2. The maximum Gasteiger partial charge on any atom is 0.171 e. The number of nitriles is 1. The smallest absolute Gasteiger partial charge is 0.171 e. The Morgan fingerprint density at radius 1 is 1.11 bits per heavy atom. The molecule has 1 heterocycles. The van der Waals surface area contributed by atoms with E-state index in [0.29, 0.717) is 11.4 Å². The molecule has 0 unspecified atom stereocenters. The minimum absolute atomic E-state index is 0.512. The largest absolute Gasteiger partial charge is 0.337 e. The van der Waals surface area contributed by atoms with E-state index in [1.807, 2.05) is 39.8 Å². The number of aromatic nitrogens is 2. The molecule has 0 bridgehead atoms. The lowest BCUT2D eigenvalue weighted by Gasteiger charge is -2.12. The number of benzene rings is 1. The molecular weight excluding hydrogens is 236 g/mol. The van der Waals surface area contributed by atoms with Gasteiger partial charge in [-0.15, -0.1) is 5.10 Å². The monoisotopic (exact) mass is 252 g/mol. The van der Waals surface area contributed by atoms with Gasteiger partial charge in [0.2, 0.25) is 0 Å². The minimum atomic E-state index is 0.512. The zero-order chi connectivity index (χ0) is 14.0. The highest BCUT2D eigenvalue weighted by atomic mass is 15.2. The molecule has 4 nitrogen and oxygen atoms in total. The number of nitrogens with one attached hydrogen (secondary N) is 1. The molecular formula is C15H16N4. The molecule has 0 aliphatic carbocycles. The second kappa shape index (κ2) is 5.07. The molecule has 0 aliphatic heterocycles. The van der Waals surface area contributed by atoms with Crippen molar-refractivity contribution in [2.45, 2.75) is 27.7 Å². The highest BCUT2D eigenvalue weighted by Crippen LogP contribution is 2.24. The van der Waals surface area contributed by atoms with Crippen LogP contribution in [0.1, 0.15) is 27.9 Å². The molecule has 0 amide bonds. The van der Waals surface area contributed by atoms with E-state index in [2.05, 4.69) is 27.6 Å². The predicted octanol–water partition coefficient (Wildman–Crippen LogP) is 3.33. The average Bonchev–Trinajstić information content (AvgIpc) is 2.37. The van der Waals surface area contributed by atoms with E-state index in [1.54, 1.807) is 0 Å². The van der Waals surface area contributed by atoms with E-state index in [1.165, 1.54) is 5.56 Å². The van der Waals surface area contributed by atoms with Crippen molar-refractivity contribution < 1.29 is 0 Å². The summed E-state index contributed by atoms with van der Waals surface area (Å²) < 4.78 is 0. The standard InChI is InChI=1S/C15H16N4/c1-9-5-6-14(10(2)7-9)17-15-13(8-16)11(3)12(4)18-19-15/h5-7H,1-4H3,(H,17,19). The van der Waals surface area contributed by atoms with Crippen molar-refractivity contribution in [1.29, 1.82) is 5.26 Å². The Bertz CT molecular complexity index is 669. The Morgan fingerprint density at radius 2 is 1.84 bits per heavy atom. The topological polar surface area (TPSA) is 61.6 Å². The number of hydrogen-bond donors (Lipinski definition) is 1. The van der Waals surface area contributed by atoms with Crippen LogP contribution >= 0.6 is 0 Å². The Hall–Kier alpha value is -2.41. The van der Waals surface area contributed by atoms with E-state index in [9.17, 15) is 5.26 Å². The van der Waals surface area contributed by atoms with Crippen LogP contribution in [0.5, 0.6) is 0 Å². The Morgan fingerprint density at radius 3 is 2.47 bits per heavy atom. The van der Waals surface area contributed by atoms with Crippen LogP contribution in [0.25, 0.3) is 0 Å². The molecule has 1 aromatic carbocycles. The zero-order valence-corrected chi connectivity index (χ0v) is 11.6. The van der Waals surface area contributed by atoms with Gasteiger partial charge in [-0.1, -0.05) is 17.7 Å². The summed E-state index contributed by atoms with van der Waals surface area (Å²) >= 11 is 0. The van der Waals surface area contributed by atoms with Crippen LogP contribution in [0, 0.1) is 39.0 Å². The fraction of sp³-hybridized carbons (Fsp3) is 0.267. The van der Waals surface area contributed by atoms with Crippen molar-refractivity contribution in [3.05, 3.63) is 46.1 Å². The molecule has 1 N–H and O–H groups in total. The van der Waals surface area contributed by atoms with Gasteiger partial charge in [-0.05, 0) is 44.9 Å². The second-order valence-electron chi connectivity index (χ2n) is 4.69. The number of hydrogen-bond acceptors (Lipinski definition) is 4. The Kier molecular flexibility index (Phi) is 3.48. The third-order valence-electron chi connectivity index (χ3n) is 3.20. The summed E-state index contributed by atoms with van der Waals surface area (Å²) in [7, 11) is 0. The molecule has 0 saturated carbocycles.